The Morgan fingerprint density at radius 1 is 1.04 bits per heavy atom. The fraction of sp³-hybridized carbons (Fsp3) is 0.263. The minimum Gasteiger partial charge on any atom is -0.478 e. The lowest BCUT2D eigenvalue weighted by atomic mass is 10.1. The van der Waals surface area contributed by atoms with E-state index in [9.17, 15) is 9.59 Å². The van der Waals surface area contributed by atoms with E-state index in [0.717, 1.165) is 24.3 Å². The van der Waals surface area contributed by atoms with Gasteiger partial charge in [-0.05, 0) is 42.0 Å². The number of carbonyl (C=O) groups is 2. The van der Waals surface area contributed by atoms with Gasteiger partial charge in [0.1, 0.15) is 0 Å². The van der Waals surface area contributed by atoms with Crippen LogP contribution in [0.1, 0.15) is 15.9 Å². The first-order valence-corrected chi connectivity index (χ1v) is 8.77. The third-order valence-electron chi connectivity index (χ3n) is 4.30. The smallest absolute Gasteiger partial charge is 0.335 e. The molecule has 144 valence electrons. The van der Waals surface area contributed by atoms with Crippen molar-refractivity contribution in [1.82, 2.24) is 10.2 Å². The number of piperazine rings is 1. The van der Waals surface area contributed by atoms with Gasteiger partial charge in [-0.15, -0.1) is 12.4 Å². The van der Waals surface area contributed by atoms with E-state index in [-0.39, 0.29) is 24.0 Å². The summed E-state index contributed by atoms with van der Waals surface area (Å²) in [6, 6.07) is 13.6. The number of carbonyl (C=O) groups excluding carboxylic acids is 1. The van der Waals surface area contributed by atoms with Crippen LogP contribution in [-0.2, 0) is 6.54 Å². The van der Waals surface area contributed by atoms with Crippen LogP contribution in [0, 0.1) is 0 Å². The summed E-state index contributed by atoms with van der Waals surface area (Å²) in [7, 11) is 0. The average molecular weight is 410 g/mol. The standard InChI is InChI=1S/C19H20ClN3O3.ClH/c20-16-5-7-17(8-6-16)23(19(26)22-11-9-21-10-12-22)13-14-1-3-15(4-2-14)18(24)25;/h1-8,21H,9-13H2,(H,24,25);1H. The van der Waals surface area contributed by atoms with Crippen LogP contribution >= 0.6 is 24.0 Å². The molecule has 1 heterocycles. The zero-order valence-electron chi connectivity index (χ0n) is 14.6. The number of carboxylic acid groups (broad SMARTS) is 1. The molecule has 1 saturated heterocycles. The molecule has 1 aliphatic heterocycles. The number of rotatable bonds is 4. The molecule has 0 unspecified atom stereocenters. The minimum absolute atomic E-state index is 0. The quantitative estimate of drug-likeness (QED) is 0.810. The highest BCUT2D eigenvalue weighted by Crippen LogP contribution is 2.22. The summed E-state index contributed by atoms with van der Waals surface area (Å²) in [4.78, 5) is 27.6. The van der Waals surface area contributed by atoms with Crippen LogP contribution in [0.3, 0.4) is 0 Å². The molecule has 0 atom stereocenters. The second-order valence-electron chi connectivity index (χ2n) is 6.08. The largest absolute Gasteiger partial charge is 0.478 e. The first-order chi connectivity index (χ1) is 12.5. The summed E-state index contributed by atoms with van der Waals surface area (Å²) in [6.45, 7) is 3.20. The molecule has 2 aromatic carbocycles. The fourth-order valence-corrected chi connectivity index (χ4v) is 2.98. The molecule has 1 aliphatic rings. The highest BCUT2D eigenvalue weighted by molar-refractivity contribution is 6.30. The molecule has 0 saturated carbocycles. The van der Waals surface area contributed by atoms with Crippen LogP contribution in [0.2, 0.25) is 5.02 Å². The van der Waals surface area contributed by atoms with Crippen molar-refractivity contribution in [3.63, 3.8) is 0 Å². The molecule has 0 bridgehead atoms. The van der Waals surface area contributed by atoms with E-state index in [2.05, 4.69) is 5.32 Å². The normalized spacial score (nSPS) is 13.6. The summed E-state index contributed by atoms with van der Waals surface area (Å²) >= 11 is 5.97. The number of urea groups is 1. The van der Waals surface area contributed by atoms with Gasteiger partial charge in [0, 0.05) is 36.9 Å². The number of amides is 2. The molecule has 0 aromatic heterocycles. The highest BCUT2D eigenvalue weighted by atomic mass is 35.5. The van der Waals surface area contributed by atoms with Gasteiger partial charge in [-0.2, -0.15) is 0 Å². The average Bonchev–Trinajstić information content (AvgIpc) is 2.67. The molecule has 2 aromatic rings. The number of nitrogens with zero attached hydrogens (tertiary/aromatic N) is 2. The number of aromatic carboxylic acids is 1. The van der Waals surface area contributed by atoms with Gasteiger partial charge in [0.2, 0.25) is 0 Å². The van der Waals surface area contributed by atoms with Gasteiger partial charge >= 0.3 is 12.0 Å². The molecule has 0 radical (unpaired) electrons. The van der Waals surface area contributed by atoms with E-state index >= 15 is 0 Å². The zero-order valence-corrected chi connectivity index (χ0v) is 16.2. The van der Waals surface area contributed by atoms with Crippen LogP contribution < -0.4 is 10.2 Å². The van der Waals surface area contributed by atoms with E-state index in [1.54, 1.807) is 41.3 Å². The van der Waals surface area contributed by atoms with Crippen molar-refractivity contribution in [2.45, 2.75) is 6.54 Å². The van der Waals surface area contributed by atoms with Crippen LogP contribution in [0.4, 0.5) is 10.5 Å². The van der Waals surface area contributed by atoms with E-state index in [4.69, 9.17) is 16.7 Å². The fourth-order valence-electron chi connectivity index (χ4n) is 2.85. The van der Waals surface area contributed by atoms with E-state index in [1.165, 1.54) is 0 Å². The van der Waals surface area contributed by atoms with Crippen molar-refractivity contribution in [3.8, 4) is 0 Å². The Morgan fingerprint density at radius 3 is 2.19 bits per heavy atom. The molecular formula is C19H21Cl2N3O3. The van der Waals surface area contributed by atoms with Crippen LogP contribution in [0.5, 0.6) is 0 Å². The molecular weight excluding hydrogens is 389 g/mol. The molecule has 2 N–H and O–H groups in total. The summed E-state index contributed by atoms with van der Waals surface area (Å²) in [6.07, 6.45) is 0. The number of benzene rings is 2. The predicted molar refractivity (Wildman–Crippen MR) is 108 cm³/mol. The molecule has 0 aliphatic carbocycles. The lowest BCUT2D eigenvalue weighted by Gasteiger charge is -2.33. The number of carboxylic acids is 1. The van der Waals surface area contributed by atoms with Crippen molar-refractivity contribution < 1.29 is 14.7 Å². The number of anilines is 1. The summed E-state index contributed by atoms with van der Waals surface area (Å²) in [5.74, 6) is -0.969. The topological polar surface area (TPSA) is 72.9 Å². The molecule has 8 heteroatoms. The Balaban J connectivity index is 0.00000261. The number of halogens is 2. The second kappa shape index (κ2) is 9.60. The first kappa shape index (κ1) is 21.0. The van der Waals surface area contributed by atoms with Gasteiger partial charge in [0.25, 0.3) is 0 Å². The molecule has 27 heavy (non-hydrogen) atoms. The zero-order chi connectivity index (χ0) is 18.5. The Kier molecular flexibility index (Phi) is 7.47. The molecule has 1 fully saturated rings. The summed E-state index contributed by atoms with van der Waals surface area (Å²) in [5.41, 5.74) is 1.83. The molecule has 3 rings (SSSR count). The van der Waals surface area contributed by atoms with Crippen molar-refractivity contribution >= 4 is 41.7 Å². The lowest BCUT2D eigenvalue weighted by Crippen LogP contribution is -2.51. The van der Waals surface area contributed by atoms with E-state index in [0.29, 0.717) is 24.7 Å². The lowest BCUT2D eigenvalue weighted by molar-refractivity contribution is 0.0697. The van der Waals surface area contributed by atoms with Gasteiger partial charge < -0.3 is 15.3 Å². The summed E-state index contributed by atoms with van der Waals surface area (Å²) in [5, 5.41) is 12.9. The van der Waals surface area contributed by atoms with E-state index < -0.39 is 5.97 Å². The van der Waals surface area contributed by atoms with Gasteiger partial charge in [0.05, 0.1) is 12.1 Å². The molecule has 6 nitrogen and oxygen atoms in total. The SMILES string of the molecule is Cl.O=C(O)c1ccc(CN(C(=O)N2CCNCC2)c2ccc(Cl)cc2)cc1. The monoisotopic (exact) mass is 409 g/mol. The van der Waals surface area contributed by atoms with Crippen molar-refractivity contribution in [1.29, 1.82) is 0 Å². The third-order valence-corrected chi connectivity index (χ3v) is 4.55. The predicted octanol–water partition coefficient (Wildman–Crippen LogP) is 3.49. The Labute approximate surface area is 169 Å². The molecule has 0 spiro atoms. The molecule has 2 amide bonds. The van der Waals surface area contributed by atoms with Crippen molar-refractivity contribution in [2.24, 2.45) is 0 Å². The minimum atomic E-state index is -0.969. The van der Waals surface area contributed by atoms with Gasteiger partial charge in [-0.3, -0.25) is 4.90 Å². The number of nitrogens with one attached hydrogen (secondary N) is 1. The van der Waals surface area contributed by atoms with Crippen LogP contribution in [0.25, 0.3) is 0 Å². The number of hydrogen-bond acceptors (Lipinski definition) is 3. The van der Waals surface area contributed by atoms with Crippen molar-refractivity contribution in [3.05, 3.63) is 64.7 Å². The van der Waals surface area contributed by atoms with Gasteiger partial charge in [-0.1, -0.05) is 23.7 Å². The van der Waals surface area contributed by atoms with Crippen LogP contribution in [0.15, 0.2) is 48.5 Å². The maximum absolute atomic E-state index is 13.1. The summed E-state index contributed by atoms with van der Waals surface area (Å²) < 4.78 is 0. The Morgan fingerprint density at radius 2 is 1.63 bits per heavy atom. The third kappa shape index (κ3) is 5.35. The van der Waals surface area contributed by atoms with Crippen molar-refractivity contribution in [2.75, 3.05) is 31.1 Å². The maximum Gasteiger partial charge on any atom is 0.335 e. The second-order valence-corrected chi connectivity index (χ2v) is 6.52. The Bertz CT molecular complexity index is 776. The first-order valence-electron chi connectivity index (χ1n) is 8.39. The highest BCUT2D eigenvalue weighted by Gasteiger charge is 2.24. The van der Waals surface area contributed by atoms with E-state index in [1.807, 2.05) is 17.0 Å². The number of hydrogen-bond donors (Lipinski definition) is 2. The van der Waals surface area contributed by atoms with Gasteiger partial charge in [0.15, 0.2) is 0 Å². The van der Waals surface area contributed by atoms with Crippen LogP contribution in [-0.4, -0.2) is 48.2 Å². The van der Waals surface area contributed by atoms with Gasteiger partial charge in [-0.25, -0.2) is 9.59 Å². The Hall–Kier alpha value is -2.28. The maximum atomic E-state index is 13.1.